The van der Waals surface area contributed by atoms with Gasteiger partial charge in [-0.05, 0) is 62.6 Å². The summed E-state index contributed by atoms with van der Waals surface area (Å²) in [5.41, 5.74) is 7.41. The number of rotatable bonds is 0. The van der Waals surface area contributed by atoms with Gasteiger partial charge in [-0.15, -0.1) is 0 Å². The van der Waals surface area contributed by atoms with Gasteiger partial charge in [0, 0.05) is 16.5 Å². The first-order valence-electron chi connectivity index (χ1n) is 7.83. The molecule has 0 fully saturated rings. The van der Waals surface area contributed by atoms with Crippen molar-refractivity contribution in [3.8, 4) is 0 Å². The molecule has 0 spiro atoms. The molecule has 0 bridgehead atoms. The molecule has 0 unspecified atom stereocenters. The molecule has 0 aliphatic heterocycles. The fourth-order valence-corrected chi connectivity index (χ4v) is 3.53. The largest absolute Gasteiger partial charge is 0.398 e. The Hall–Kier alpha value is -3.06. The molecule has 23 heavy (non-hydrogen) atoms. The van der Waals surface area contributed by atoms with E-state index in [1.54, 1.807) is 0 Å². The molecule has 1 nitrogen and oxygen atoms in total. The quantitative estimate of drug-likeness (QED) is 0.280. The number of nitrogen functional groups attached to an aromatic ring is 1. The standard InChI is InChI=1S/C22H15N/c23-22-20-12-16-7-3-1-5-14(16)9-18(20)11-19-10-15-6-2-4-8-17(15)13-21(19)22/h1-13H,23H2. The van der Waals surface area contributed by atoms with Crippen LogP contribution >= 0.6 is 0 Å². The second-order valence-electron chi connectivity index (χ2n) is 6.13. The van der Waals surface area contributed by atoms with E-state index in [-0.39, 0.29) is 0 Å². The van der Waals surface area contributed by atoms with Gasteiger partial charge in [0.15, 0.2) is 0 Å². The molecule has 108 valence electrons. The van der Waals surface area contributed by atoms with Crippen LogP contribution in [0.1, 0.15) is 0 Å². The van der Waals surface area contributed by atoms with Crippen molar-refractivity contribution in [2.75, 3.05) is 5.73 Å². The van der Waals surface area contributed by atoms with Crippen LogP contribution in [0.4, 0.5) is 5.69 Å². The molecule has 0 radical (unpaired) electrons. The Morgan fingerprint density at radius 3 is 1.22 bits per heavy atom. The van der Waals surface area contributed by atoms with E-state index in [9.17, 15) is 0 Å². The van der Waals surface area contributed by atoms with E-state index in [0.29, 0.717) is 0 Å². The summed E-state index contributed by atoms with van der Waals surface area (Å²) in [6, 6.07) is 28.0. The van der Waals surface area contributed by atoms with Gasteiger partial charge in [0.25, 0.3) is 0 Å². The molecule has 5 aromatic rings. The molecule has 0 saturated carbocycles. The van der Waals surface area contributed by atoms with Crippen LogP contribution in [-0.2, 0) is 0 Å². The van der Waals surface area contributed by atoms with Crippen molar-refractivity contribution in [2.24, 2.45) is 0 Å². The minimum atomic E-state index is 0.869. The molecule has 5 rings (SSSR count). The third kappa shape index (κ3) is 1.80. The van der Waals surface area contributed by atoms with Crippen molar-refractivity contribution in [1.82, 2.24) is 0 Å². The number of hydrogen-bond acceptors (Lipinski definition) is 1. The summed E-state index contributed by atoms with van der Waals surface area (Å²) in [7, 11) is 0. The highest BCUT2D eigenvalue weighted by molar-refractivity contribution is 6.16. The summed E-state index contributed by atoms with van der Waals surface area (Å²) < 4.78 is 0. The number of benzene rings is 5. The van der Waals surface area contributed by atoms with Crippen molar-refractivity contribution in [3.05, 3.63) is 78.9 Å². The highest BCUT2D eigenvalue weighted by Crippen LogP contribution is 2.35. The van der Waals surface area contributed by atoms with Crippen molar-refractivity contribution in [2.45, 2.75) is 0 Å². The third-order valence-corrected chi connectivity index (χ3v) is 4.73. The van der Waals surface area contributed by atoms with Crippen molar-refractivity contribution in [1.29, 1.82) is 0 Å². The molecule has 0 aliphatic carbocycles. The van der Waals surface area contributed by atoms with Crippen LogP contribution in [0.5, 0.6) is 0 Å². The van der Waals surface area contributed by atoms with E-state index >= 15 is 0 Å². The highest BCUT2D eigenvalue weighted by Gasteiger charge is 2.07. The smallest absolute Gasteiger partial charge is 0.0473 e. The number of hydrogen-bond donors (Lipinski definition) is 1. The summed E-state index contributed by atoms with van der Waals surface area (Å²) >= 11 is 0. The van der Waals surface area contributed by atoms with Crippen molar-refractivity contribution >= 4 is 48.8 Å². The number of fused-ring (bicyclic) bond motifs is 4. The molecule has 1 heteroatoms. The maximum absolute atomic E-state index is 6.54. The van der Waals surface area contributed by atoms with Gasteiger partial charge in [0.2, 0.25) is 0 Å². The normalized spacial score (nSPS) is 11.7. The third-order valence-electron chi connectivity index (χ3n) is 4.73. The monoisotopic (exact) mass is 293 g/mol. The van der Waals surface area contributed by atoms with Gasteiger partial charge in [-0.2, -0.15) is 0 Å². The Balaban J connectivity index is 1.99. The molecule has 0 heterocycles. The maximum atomic E-state index is 6.54. The van der Waals surface area contributed by atoms with Gasteiger partial charge in [-0.1, -0.05) is 48.5 Å². The van der Waals surface area contributed by atoms with E-state index in [1.807, 2.05) is 0 Å². The molecule has 0 aromatic heterocycles. The van der Waals surface area contributed by atoms with Gasteiger partial charge in [-0.25, -0.2) is 0 Å². The first-order chi connectivity index (χ1) is 11.3. The molecule has 0 aliphatic rings. The molecule has 2 N–H and O–H groups in total. The molecule has 0 saturated heterocycles. The van der Waals surface area contributed by atoms with Crippen LogP contribution in [0.3, 0.4) is 0 Å². The highest BCUT2D eigenvalue weighted by atomic mass is 14.6. The van der Waals surface area contributed by atoms with Gasteiger partial charge in [-0.3, -0.25) is 0 Å². The molecular weight excluding hydrogens is 278 g/mol. The van der Waals surface area contributed by atoms with E-state index in [0.717, 1.165) is 16.5 Å². The predicted octanol–water partition coefficient (Wildman–Crippen LogP) is 5.88. The zero-order valence-corrected chi connectivity index (χ0v) is 12.6. The fourth-order valence-electron chi connectivity index (χ4n) is 3.53. The van der Waals surface area contributed by atoms with Crippen molar-refractivity contribution < 1.29 is 0 Å². The van der Waals surface area contributed by atoms with Crippen LogP contribution in [0.25, 0.3) is 43.1 Å². The lowest BCUT2D eigenvalue weighted by molar-refractivity contribution is 1.77. The summed E-state index contributed by atoms with van der Waals surface area (Å²) in [4.78, 5) is 0. The second-order valence-corrected chi connectivity index (χ2v) is 6.13. The van der Waals surface area contributed by atoms with Gasteiger partial charge in [0.1, 0.15) is 0 Å². The summed E-state index contributed by atoms with van der Waals surface area (Å²) in [5.74, 6) is 0. The van der Waals surface area contributed by atoms with Crippen LogP contribution in [0.2, 0.25) is 0 Å². The molecule has 0 amide bonds. The van der Waals surface area contributed by atoms with E-state index < -0.39 is 0 Å². The minimum Gasteiger partial charge on any atom is -0.398 e. The average molecular weight is 293 g/mol. The lowest BCUT2D eigenvalue weighted by Crippen LogP contribution is -1.90. The molecular formula is C22H15N. The number of anilines is 1. The Morgan fingerprint density at radius 1 is 0.435 bits per heavy atom. The molecule has 0 atom stereocenters. The van der Waals surface area contributed by atoms with Crippen LogP contribution in [-0.4, -0.2) is 0 Å². The molecule has 5 aromatic carbocycles. The number of nitrogens with two attached hydrogens (primary N) is 1. The second kappa shape index (κ2) is 4.47. The van der Waals surface area contributed by atoms with E-state index in [2.05, 4.69) is 78.9 Å². The zero-order chi connectivity index (χ0) is 15.4. The van der Waals surface area contributed by atoms with Gasteiger partial charge >= 0.3 is 0 Å². The maximum Gasteiger partial charge on any atom is 0.0473 e. The zero-order valence-electron chi connectivity index (χ0n) is 12.6. The summed E-state index contributed by atoms with van der Waals surface area (Å²) in [6.07, 6.45) is 0. The Bertz CT molecular complexity index is 1120. The first-order valence-corrected chi connectivity index (χ1v) is 7.83. The Morgan fingerprint density at radius 2 is 0.783 bits per heavy atom. The first kappa shape index (κ1) is 12.5. The van der Waals surface area contributed by atoms with E-state index in [1.165, 1.54) is 32.3 Å². The van der Waals surface area contributed by atoms with Crippen LogP contribution in [0, 0.1) is 0 Å². The summed E-state index contributed by atoms with van der Waals surface area (Å²) in [5, 5.41) is 9.61. The topological polar surface area (TPSA) is 26.0 Å². The lowest BCUT2D eigenvalue weighted by Gasteiger charge is -2.10. The minimum absolute atomic E-state index is 0.869. The van der Waals surface area contributed by atoms with Crippen LogP contribution < -0.4 is 5.73 Å². The van der Waals surface area contributed by atoms with Crippen LogP contribution in [0.15, 0.2) is 78.9 Å². The van der Waals surface area contributed by atoms with E-state index in [4.69, 9.17) is 5.73 Å². The SMILES string of the molecule is Nc1c2cc3ccccc3cc2cc2cc3ccccc3cc12. The van der Waals surface area contributed by atoms with Crippen molar-refractivity contribution in [3.63, 3.8) is 0 Å². The predicted molar refractivity (Wildman–Crippen MR) is 101 cm³/mol. The Labute approximate surface area is 133 Å². The lowest BCUT2D eigenvalue weighted by atomic mass is 9.96. The average Bonchev–Trinajstić information content (AvgIpc) is 2.59. The fraction of sp³-hybridized carbons (Fsp3) is 0. The Kier molecular flexibility index (Phi) is 2.42. The van der Waals surface area contributed by atoms with Gasteiger partial charge < -0.3 is 5.73 Å². The van der Waals surface area contributed by atoms with Gasteiger partial charge in [0.05, 0.1) is 0 Å². The summed E-state index contributed by atoms with van der Waals surface area (Å²) in [6.45, 7) is 0.